The predicted molar refractivity (Wildman–Crippen MR) is 115 cm³/mol. The third kappa shape index (κ3) is 63.7. The smallest absolute Gasteiger partial charge is 0.328 e. The van der Waals surface area contributed by atoms with E-state index in [0.29, 0.717) is 12.1 Å². The van der Waals surface area contributed by atoms with Gasteiger partial charge >= 0.3 is 6.18 Å². The highest BCUT2D eigenvalue weighted by atomic mass is 19.4. The number of halogens is 5. The molecule has 0 aliphatic rings. The summed E-state index contributed by atoms with van der Waals surface area (Å²) in [6.45, 7) is 20.1. The van der Waals surface area contributed by atoms with E-state index >= 15 is 0 Å². The Morgan fingerprint density at radius 2 is 0.929 bits per heavy atom. The molecule has 0 atom stereocenters. The average molecular weight is 425 g/mol. The van der Waals surface area contributed by atoms with E-state index in [9.17, 15) is 22.0 Å². The predicted octanol–water partition coefficient (Wildman–Crippen LogP) is 7.47. The van der Waals surface area contributed by atoms with Crippen molar-refractivity contribution >= 4 is 0 Å². The first-order valence-electron chi connectivity index (χ1n) is 10.0. The molecule has 0 bridgehead atoms. The van der Waals surface area contributed by atoms with Crippen molar-refractivity contribution in [2.75, 3.05) is 14.1 Å². The summed E-state index contributed by atoms with van der Waals surface area (Å²) in [7, 11) is 4.15. The molecular formula is C21H49F5N2. The van der Waals surface area contributed by atoms with Gasteiger partial charge in [-0.3, -0.25) is 0 Å². The second-order valence-corrected chi connectivity index (χ2v) is 8.38. The van der Waals surface area contributed by atoms with Crippen LogP contribution in [0.4, 0.5) is 22.0 Å². The zero-order valence-electron chi connectivity index (χ0n) is 20.6. The van der Waals surface area contributed by atoms with Gasteiger partial charge in [-0.25, -0.2) is 8.78 Å². The van der Waals surface area contributed by atoms with Gasteiger partial charge in [-0.1, -0.05) is 68.7 Å². The summed E-state index contributed by atoms with van der Waals surface area (Å²) in [5.41, 5.74) is 5.11. The van der Waals surface area contributed by atoms with Crippen molar-refractivity contribution in [3.05, 3.63) is 0 Å². The summed E-state index contributed by atoms with van der Waals surface area (Å²) in [6, 6.07) is 1.02. The van der Waals surface area contributed by atoms with E-state index < -0.39 is 24.4 Å². The number of alkyl halides is 5. The van der Waals surface area contributed by atoms with Crippen molar-refractivity contribution in [3.63, 3.8) is 0 Å². The van der Waals surface area contributed by atoms with Crippen molar-refractivity contribution in [2.24, 2.45) is 23.5 Å². The van der Waals surface area contributed by atoms with Crippen LogP contribution in [0.5, 0.6) is 0 Å². The maximum atomic E-state index is 11.2. The fourth-order valence-corrected chi connectivity index (χ4v) is 0. The molecule has 0 spiro atoms. The highest BCUT2D eigenvalue weighted by molar-refractivity contribution is 4.52. The van der Waals surface area contributed by atoms with Gasteiger partial charge in [-0.2, -0.15) is 13.2 Å². The van der Waals surface area contributed by atoms with E-state index in [1.807, 2.05) is 13.8 Å². The van der Waals surface area contributed by atoms with Gasteiger partial charge < -0.3 is 10.6 Å². The minimum atomic E-state index is -4.00. The van der Waals surface area contributed by atoms with Crippen molar-refractivity contribution < 1.29 is 22.0 Å². The highest BCUT2D eigenvalue weighted by Crippen LogP contribution is 2.24. The minimum absolute atomic E-state index is 0.333. The molecular weight excluding hydrogens is 375 g/mol. The quantitative estimate of drug-likeness (QED) is 0.476. The third-order valence-corrected chi connectivity index (χ3v) is 3.01. The molecule has 2 N–H and O–H groups in total. The Morgan fingerprint density at radius 1 is 0.786 bits per heavy atom. The van der Waals surface area contributed by atoms with Gasteiger partial charge in [-0.05, 0) is 39.9 Å². The molecule has 0 saturated heterocycles. The second kappa shape index (κ2) is 22.9. The number of hydrogen-bond acceptors (Lipinski definition) is 2. The van der Waals surface area contributed by atoms with Crippen LogP contribution in [0.25, 0.3) is 0 Å². The summed E-state index contributed by atoms with van der Waals surface area (Å²) < 4.78 is 55.8. The zero-order chi connectivity index (χ0) is 24.2. The summed E-state index contributed by atoms with van der Waals surface area (Å²) >= 11 is 0. The van der Waals surface area contributed by atoms with Crippen LogP contribution in [0, 0.1) is 17.8 Å². The van der Waals surface area contributed by atoms with E-state index in [1.54, 1.807) is 0 Å². The van der Waals surface area contributed by atoms with Crippen molar-refractivity contribution in [1.29, 1.82) is 0 Å². The van der Waals surface area contributed by atoms with E-state index in [1.165, 1.54) is 20.3 Å². The van der Waals surface area contributed by atoms with Crippen LogP contribution in [0.1, 0.15) is 82.6 Å². The van der Waals surface area contributed by atoms with Crippen LogP contribution >= 0.6 is 0 Å². The molecule has 0 aromatic carbocycles. The molecule has 178 valence electrons. The average Bonchev–Trinajstić information content (AvgIpc) is 2.47. The zero-order valence-corrected chi connectivity index (χ0v) is 20.6. The van der Waals surface area contributed by atoms with Gasteiger partial charge in [0.25, 0.3) is 0 Å². The Bertz CT molecular complexity index is 248. The topological polar surface area (TPSA) is 29.3 Å². The third-order valence-electron chi connectivity index (χ3n) is 3.01. The van der Waals surface area contributed by atoms with Crippen molar-refractivity contribution in [3.8, 4) is 0 Å². The first-order valence-corrected chi connectivity index (χ1v) is 10.0. The van der Waals surface area contributed by atoms with E-state index in [0.717, 1.165) is 19.8 Å². The fraction of sp³-hybridized carbons (Fsp3) is 1.00. The lowest BCUT2D eigenvalue weighted by Gasteiger charge is -2.12. The van der Waals surface area contributed by atoms with Gasteiger partial charge in [0, 0.05) is 17.9 Å². The van der Waals surface area contributed by atoms with Gasteiger partial charge in [0.2, 0.25) is 6.43 Å². The molecule has 0 fully saturated rings. The fourth-order valence-electron chi connectivity index (χ4n) is 0. The van der Waals surface area contributed by atoms with Gasteiger partial charge in [0.15, 0.2) is 0 Å². The highest BCUT2D eigenvalue weighted by Gasteiger charge is 2.31. The maximum absolute atomic E-state index is 11.2. The van der Waals surface area contributed by atoms with Crippen LogP contribution in [0.15, 0.2) is 0 Å². The lowest BCUT2D eigenvalue weighted by atomic mass is 10.2. The molecule has 0 unspecified atom stereocenters. The van der Waals surface area contributed by atoms with E-state index in [-0.39, 0.29) is 0 Å². The van der Waals surface area contributed by atoms with Crippen LogP contribution < -0.4 is 5.73 Å². The molecule has 0 heterocycles. The number of hydrogen-bond donors (Lipinski definition) is 1. The second-order valence-electron chi connectivity index (χ2n) is 8.38. The first kappa shape index (κ1) is 38.2. The number of nitrogens with two attached hydrogens (primary N) is 1. The van der Waals surface area contributed by atoms with Crippen LogP contribution in [0.3, 0.4) is 0 Å². The van der Waals surface area contributed by atoms with E-state index in [4.69, 9.17) is 5.73 Å². The minimum Gasteiger partial charge on any atom is -0.328 e. The van der Waals surface area contributed by atoms with Crippen molar-refractivity contribution in [2.45, 2.75) is 107 Å². The SMILES string of the molecule is CC(C)C(F)(F)F.CC(C)C(F)F.CC(C)N.CC(C)N(C)C.CCC(C)C. The molecule has 7 heteroatoms. The van der Waals surface area contributed by atoms with E-state index in [2.05, 4.69) is 53.6 Å². The van der Waals surface area contributed by atoms with Crippen LogP contribution in [0.2, 0.25) is 0 Å². The lowest BCUT2D eigenvalue weighted by Crippen LogP contribution is -2.20. The first-order chi connectivity index (χ1) is 12.2. The monoisotopic (exact) mass is 424 g/mol. The number of nitrogens with zero attached hydrogens (tertiary/aromatic N) is 1. The molecule has 0 amide bonds. The Morgan fingerprint density at radius 3 is 0.929 bits per heavy atom. The Hall–Kier alpha value is -0.430. The lowest BCUT2D eigenvalue weighted by molar-refractivity contribution is -0.164. The Labute approximate surface area is 172 Å². The Kier molecular flexibility index (Phi) is 31.2. The summed E-state index contributed by atoms with van der Waals surface area (Å²) in [5.74, 6) is -0.799. The van der Waals surface area contributed by atoms with Gasteiger partial charge in [0.1, 0.15) is 0 Å². The largest absolute Gasteiger partial charge is 0.391 e. The molecule has 0 aromatic rings. The number of rotatable bonds is 3. The molecule has 0 radical (unpaired) electrons. The molecule has 0 aliphatic heterocycles. The summed E-state index contributed by atoms with van der Waals surface area (Å²) in [4.78, 5) is 2.17. The molecule has 0 aliphatic carbocycles. The molecule has 0 aromatic heterocycles. The Balaban J connectivity index is -0.0000000797. The van der Waals surface area contributed by atoms with Crippen LogP contribution in [-0.2, 0) is 0 Å². The van der Waals surface area contributed by atoms with Crippen molar-refractivity contribution in [1.82, 2.24) is 4.90 Å². The van der Waals surface area contributed by atoms with Gasteiger partial charge in [-0.15, -0.1) is 0 Å². The maximum Gasteiger partial charge on any atom is 0.391 e. The molecule has 28 heavy (non-hydrogen) atoms. The van der Waals surface area contributed by atoms with Gasteiger partial charge in [0.05, 0.1) is 0 Å². The molecule has 0 rings (SSSR count). The molecule has 2 nitrogen and oxygen atoms in total. The standard InChI is InChI=1S/C5H13N.C5H12.C4H7F3.C4H8F2.C3H9N/c1-5(2)6(3)4;1-4-5(2)3;1-3(2)4(5,6)7;1-3(2)4(5)6;1-3(2)4/h5H,1-4H3;5H,4H2,1-3H3;3H,1-2H3;3-4H,1-2H3;3H,4H2,1-2H3. The molecule has 0 saturated carbocycles. The summed E-state index contributed by atoms with van der Waals surface area (Å²) in [6.07, 6.45) is -4.84. The summed E-state index contributed by atoms with van der Waals surface area (Å²) in [5, 5.41) is 0. The van der Waals surface area contributed by atoms with Crippen LogP contribution in [-0.4, -0.2) is 43.7 Å². The normalized spacial score (nSPS) is 10.9.